The van der Waals surface area contributed by atoms with Crippen LogP contribution in [0.2, 0.25) is 0 Å². The molecule has 3 aromatic carbocycles. The Labute approximate surface area is 381 Å². The Balaban J connectivity index is 0.701. The number of rotatable bonds is 15. The van der Waals surface area contributed by atoms with E-state index < -0.39 is 29.7 Å². The van der Waals surface area contributed by atoms with Gasteiger partial charge in [-0.25, -0.2) is 14.6 Å². The summed E-state index contributed by atoms with van der Waals surface area (Å²) in [4.78, 5) is 93.3. The highest BCUT2D eigenvalue weighted by Gasteiger charge is 2.45. The van der Waals surface area contributed by atoms with Crippen LogP contribution in [0.1, 0.15) is 84.5 Å². The first-order valence-corrected chi connectivity index (χ1v) is 22.8. The first kappa shape index (κ1) is 44.0. The molecule has 4 aliphatic heterocycles. The quantitative estimate of drug-likeness (QED) is 0.0966. The maximum atomic E-state index is 13.6. The van der Waals surface area contributed by atoms with Crippen molar-refractivity contribution in [2.75, 3.05) is 63.4 Å². The Morgan fingerprint density at radius 2 is 1.55 bits per heavy atom. The number of carbonyl (C=O) groups excluding carboxylic acids is 6. The van der Waals surface area contributed by atoms with Crippen molar-refractivity contribution in [3.8, 4) is 22.8 Å². The van der Waals surface area contributed by atoms with Crippen molar-refractivity contribution < 1.29 is 33.5 Å². The standard InChI is InChI=1S/C48H53N11O7/c49-44-42-43(31-16-18-34(19-17-31)66-33-10-2-1-3-11-33)54-59(45(42)52-30-51-44)32-9-7-24-57(29-32)40(62)15-8-23-55-25-27-56(28-26-55)39(61)14-4-5-22-50-36-13-6-12-35-41(36)48(65)58(47(35)64)37-20-21-38(60)53-46(37)63/h1-3,6,10-13,16-19,30,32,37,50H,4-5,7-9,14-15,20-29H2,(H2,49,51,52)(H,53,60,63)/t32-,37?/m1/s1. The van der Waals surface area contributed by atoms with E-state index in [1.807, 2.05) is 69.1 Å². The van der Waals surface area contributed by atoms with Gasteiger partial charge in [-0.2, -0.15) is 5.10 Å². The van der Waals surface area contributed by atoms with Crippen LogP contribution in [0.25, 0.3) is 22.3 Å². The van der Waals surface area contributed by atoms with E-state index in [1.54, 1.807) is 18.2 Å². The highest BCUT2D eigenvalue weighted by Crippen LogP contribution is 2.36. The number of nitrogens with two attached hydrogens (primary N) is 1. The number of fused-ring (bicyclic) bond motifs is 2. The second-order valence-corrected chi connectivity index (χ2v) is 17.2. The molecule has 0 saturated carbocycles. The summed E-state index contributed by atoms with van der Waals surface area (Å²) in [5.74, 6) is -0.162. The summed E-state index contributed by atoms with van der Waals surface area (Å²) in [6.45, 7) is 5.24. The molecule has 66 heavy (non-hydrogen) atoms. The number of likely N-dealkylation sites (tertiary alicyclic amines) is 1. The third-order valence-corrected chi connectivity index (χ3v) is 12.9. The van der Waals surface area contributed by atoms with Gasteiger partial charge in [0.05, 0.1) is 22.6 Å². The number of unbranched alkanes of at least 4 members (excludes halogenated alkanes) is 1. The lowest BCUT2D eigenvalue weighted by Crippen LogP contribution is -2.54. The number of para-hydroxylation sites is 1. The number of amides is 6. The van der Waals surface area contributed by atoms with E-state index in [-0.39, 0.29) is 41.8 Å². The molecule has 0 spiro atoms. The van der Waals surface area contributed by atoms with Crippen molar-refractivity contribution in [3.05, 3.63) is 90.3 Å². The number of nitrogens with one attached hydrogen (secondary N) is 2. The molecule has 18 heteroatoms. The molecule has 0 radical (unpaired) electrons. The van der Waals surface area contributed by atoms with E-state index >= 15 is 0 Å². The molecule has 2 atom stereocenters. The number of aromatic nitrogens is 4. The van der Waals surface area contributed by atoms with E-state index in [9.17, 15) is 28.8 Å². The topological polar surface area (TPSA) is 218 Å². The SMILES string of the molecule is Nc1ncnc2c1c(-c1ccc(Oc3ccccc3)cc1)nn2[C@@H]1CCCN(C(=O)CCCN2CCN(C(=O)CCCCNc3cccc4c3C(=O)N(C3CCC(=O)NC3=O)C4=O)CC2)C1. The number of imide groups is 2. The third kappa shape index (κ3) is 9.31. The average molecular weight is 896 g/mol. The fourth-order valence-electron chi connectivity index (χ4n) is 9.42. The fourth-order valence-corrected chi connectivity index (χ4v) is 9.42. The molecule has 0 bridgehead atoms. The lowest BCUT2D eigenvalue weighted by atomic mass is 10.0. The summed E-state index contributed by atoms with van der Waals surface area (Å²) in [7, 11) is 0. The third-order valence-electron chi connectivity index (χ3n) is 12.9. The molecule has 4 aliphatic rings. The Morgan fingerprint density at radius 3 is 2.33 bits per heavy atom. The van der Waals surface area contributed by atoms with Crippen LogP contribution in [0.15, 0.2) is 79.1 Å². The second kappa shape index (κ2) is 19.5. The highest BCUT2D eigenvalue weighted by molar-refractivity contribution is 6.25. The molecule has 9 rings (SSSR count). The van der Waals surface area contributed by atoms with E-state index in [0.29, 0.717) is 92.4 Å². The summed E-state index contributed by atoms with van der Waals surface area (Å²) >= 11 is 0. The zero-order valence-corrected chi connectivity index (χ0v) is 36.7. The first-order chi connectivity index (χ1) is 32.1. The fraction of sp³-hybridized carbons (Fsp3) is 0.396. The first-order valence-electron chi connectivity index (χ1n) is 22.8. The molecular formula is C48H53N11O7. The Hall–Kier alpha value is -7.21. The number of nitrogen functional groups attached to an aromatic ring is 1. The number of piperidine rings is 2. The van der Waals surface area contributed by atoms with Gasteiger partial charge in [-0.05, 0) is 93.6 Å². The van der Waals surface area contributed by atoms with Crippen molar-refractivity contribution in [2.45, 2.75) is 69.9 Å². The Bertz CT molecular complexity index is 2650. The maximum Gasteiger partial charge on any atom is 0.264 e. The predicted octanol–water partition coefficient (Wildman–Crippen LogP) is 4.64. The molecule has 6 amide bonds. The maximum absolute atomic E-state index is 13.6. The molecule has 342 valence electrons. The summed E-state index contributed by atoms with van der Waals surface area (Å²) in [5, 5.41) is 11.2. The second-order valence-electron chi connectivity index (χ2n) is 17.2. The van der Waals surface area contributed by atoms with E-state index in [4.69, 9.17) is 15.6 Å². The predicted molar refractivity (Wildman–Crippen MR) is 244 cm³/mol. The minimum Gasteiger partial charge on any atom is -0.457 e. The van der Waals surface area contributed by atoms with Gasteiger partial charge >= 0.3 is 0 Å². The number of nitrogens with zero attached hydrogens (tertiary/aromatic N) is 8. The molecule has 3 saturated heterocycles. The van der Waals surface area contributed by atoms with E-state index in [2.05, 4.69) is 25.5 Å². The van der Waals surface area contributed by atoms with Gasteiger partial charge in [0.25, 0.3) is 11.8 Å². The van der Waals surface area contributed by atoms with Gasteiger partial charge in [0.15, 0.2) is 5.65 Å². The number of ether oxygens (including phenoxy) is 1. The van der Waals surface area contributed by atoms with Crippen LogP contribution < -0.4 is 21.1 Å². The zero-order valence-electron chi connectivity index (χ0n) is 36.7. The van der Waals surface area contributed by atoms with Gasteiger partial charge in [-0.15, -0.1) is 0 Å². The van der Waals surface area contributed by atoms with Crippen molar-refractivity contribution in [3.63, 3.8) is 0 Å². The molecule has 18 nitrogen and oxygen atoms in total. The van der Waals surface area contributed by atoms with Crippen LogP contribution in [-0.2, 0) is 19.2 Å². The summed E-state index contributed by atoms with van der Waals surface area (Å²) in [6.07, 6.45) is 6.17. The van der Waals surface area contributed by atoms with Gasteiger partial charge in [-0.1, -0.05) is 24.3 Å². The number of carbonyl (C=O) groups is 6. The molecule has 4 N–H and O–H groups in total. The highest BCUT2D eigenvalue weighted by atomic mass is 16.5. The Morgan fingerprint density at radius 1 is 0.788 bits per heavy atom. The van der Waals surface area contributed by atoms with Gasteiger partial charge in [0.2, 0.25) is 23.6 Å². The summed E-state index contributed by atoms with van der Waals surface area (Å²) in [6, 6.07) is 21.2. The lowest BCUT2D eigenvalue weighted by Gasteiger charge is -2.35. The van der Waals surface area contributed by atoms with Crippen molar-refractivity contribution in [1.82, 2.24) is 44.7 Å². The molecule has 6 heterocycles. The smallest absolute Gasteiger partial charge is 0.264 e. The number of piperazine rings is 1. The van der Waals surface area contributed by atoms with E-state index in [1.165, 1.54) is 6.33 Å². The minimum absolute atomic E-state index is 0.0559. The largest absolute Gasteiger partial charge is 0.457 e. The van der Waals surface area contributed by atoms with Crippen LogP contribution in [0, 0.1) is 0 Å². The van der Waals surface area contributed by atoms with Crippen LogP contribution in [0.5, 0.6) is 11.5 Å². The van der Waals surface area contributed by atoms with Crippen LogP contribution in [-0.4, -0.2) is 133 Å². The molecule has 2 aromatic heterocycles. The monoisotopic (exact) mass is 895 g/mol. The molecule has 1 unspecified atom stereocenters. The molecule has 3 fully saturated rings. The van der Waals surface area contributed by atoms with Gasteiger partial charge in [0.1, 0.15) is 35.4 Å². The van der Waals surface area contributed by atoms with E-state index in [0.717, 1.165) is 55.1 Å². The molecule has 0 aliphatic carbocycles. The number of hydrogen-bond donors (Lipinski definition) is 3. The van der Waals surface area contributed by atoms with Crippen LogP contribution >= 0.6 is 0 Å². The number of hydrogen-bond acceptors (Lipinski definition) is 13. The number of anilines is 2. The van der Waals surface area contributed by atoms with Crippen molar-refractivity contribution >= 4 is 58.0 Å². The average Bonchev–Trinajstić information content (AvgIpc) is 3.85. The lowest BCUT2D eigenvalue weighted by molar-refractivity contribution is -0.136. The number of benzene rings is 3. The minimum atomic E-state index is -1.03. The summed E-state index contributed by atoms with van der Waals surface area (Å²) < 4.78 is 7.91. The summed E-state index contributed by atoms with van der Waals surface area (Å²) in [5.41, 5.74) is 9.54. The van der Waals surface area contributed by atoms with Gasteiger partial charge < -0.3 is 25.6 Å². The van der Waals surface area contributed by atoms with Crippen molar-refractivity contribution in [1.29, 1.82) is 0 Å². The van der Waals surface area contributed by atoms with Crippen molar-refractivity contribution in [2.24, 2.45) is 0 Å². The normalized spacial score (nSPS) is 19.0. The van der Waals surface area contributed by atoms with Crippen LogP contribution in [0.4, 0.5) is 11.5 Å². The zero-order chi connectivity index (χ0) is 45.7. The molecule has 5 aromatic rings. The van der Waals surface area contributed by atoms with Gasteiger partial charge in [-0.3, -0.25) is 43.9 Å². The Kier molecular flexibility index (Phi) is 13.0. The van der Waals surface area contributed by atoms with Gasteiger partial charge in [0, 0.05) is 76.3 Å². The molecular weight excluding hydrogens is 843 g/mol. The van der Waals surface area contributed by atoms with Crippen LogP contribution in [0.3, 0.4) is 0 Å².